The molecule has 4 rings (SSSR count). The minimum atomic E-state index is -0.0743. The average molecular weight is 338 g/mol. The van der Waals surface area contributed by atoms with Crippen molar-refractivity contribution in [3.8, 4) is 11.1 Å². The first-order valence-electron chi connectivity index (χ1n) is 8.57. The Balaban J connectivity index is 1.66. The number of rotatable bonds is 4. The second kappa shape index (κ2) is 7.19. The van der Waals surface area contributed by atoms with E-state index in [1.165, 1.54) is 11.1 Å². The number of carbonyl (C=O) groups excluding carboxylic acids is 1. The molecule has 26 heavy (non-hydrogen) atoms. The van der Waals surface area contributed by atoms with Gasteiger partial charge in [-0.05, 0) is 40.3 Å². The monoisotopic (exact) mass is 338 g/mol. The zero-order valence-electron chi connectivity index (χ0n) is 14.2. The summed E-state index contributed by atoms with van der Waals surface area (Å²) in [5, 5.41) is 5.19. The maximum Gasteiger partial charge on any atom is 0.251 e. The molecule has 1 amide bonds. The summed E-state index contributed by atoms with van der Waals surface area (Å²) in [6.45, 7) is 0.463. The van der Waals surface area contributed by atoms with Crippen molar-refractivity contribution < 1.29 is 4.79 Å². The van der Waals surface area contributed by atoms with Crippen LogP contribution >= 0.6 is 0 Å². The number of hydrogen-bond donors (Lipinski definition) is 1. The minimum absolute atomic E-state index is 0.0743. The highest BCUT2D eigenvalue weighted by Gasteiger charge is 2.10. The van der Waals surface area contributed by atoms with Crippen molar-refractivity contribution in [2.75, 3.05) is 0 Å². The zero-order chi connectivity index (χ0) is 17.8. The lowest BCUT2D eigenvalue weighted by Crippen LogP contribution is -2.22. The van der Waals surface area contributed by atoms with Crippen LogP contribution in [0.15, 0.2) is 91.3 Å². The van der Waals surface area contributed by atoms with Gasteiger partial charge in [0.2, 0.25) is 0 Å². The first kappa shape index (κ1) is 16.0. The van der Waals surface area contributed by atoms with Gasteiger partial charge in [0.25, 0.3) is 5.91 Å². The van der Waals surface area contributed by atoms with Crippen LogP contribution in [-0.2, 0) is 6.54 Å². The van der Waals surface area contributed by atoms with Gasteiger partial charge in [-0.1, -0.05) is 60.7 Å². The van der Waals surface area contributed by atoms with Crippen molar-refractivity contribution >= 4 is 16.7 Å². The van der Waals surface area contributed by atoms with Crippen LogP contribution in [0.3, 0.4) is 0 Å². The molecule has 3 nitrogen and oxygen atoms in total. The fraction of sp³-hybridized carbons (Fsp3) is 0.0435. The number of pyridine rings is 1. The average Bonchev–Trinajstić information content (AvgIpc) is 2.73. The minimum Gasteiger partial charge on any atom is -0.348 e. The molecule has 1 aromatic heterocycles. The van der Waals surface area contributed by atoms with Crippen molar-refractivity contribution in [1.29, 1.82) is 0 Å². The number of fused-ring (bicyclic) bond motifs is 1. The Kier molecular flexibility index (Phi) is 4.44. The SMILES string of the molecule is O=C(NCc1ccc(-c2ccccc2)c2ccncc12)c1ccccc1. The van der Waals surface area contributed by atoms with Crippen molar-refractivity contribution in [3.05, 3.63) is 102 Å². The molecular weight excluding hydrogens is 320 g/mol. The van der Waals surface area contributed by atoms with E-state index in [1.54, 1.807) is 6.20 Å². The van der Waals surface area contributed by atoms with E-state index in [9.17, 15) is 4.79 Å². The molecule has 1 N–H and O–H groups in total. The highest BCUT2D eigenvalue weighted by molar-refractivity contribution is 5.98. The third-order valence-electron chi connectivity index (χ3n) is 4.47. The fourth-order valence-corrected chi connectivity index (χ4v) is 3.14. The van der Waals surface area contributed by atoms with Crippen LogP contribution in [0.25, 0.3) is 21.9 Å². The molecule has 126 valence electrons. The van der Waals surface area contributed by atoms with E-state index < -0.39 is 0 Å². The Labute approximate surface area is 152 Å². The Bertz CT molecular complexity index is 1040. The van der Waals surface area contributed by atoms with Crippen LogP contribution < -0.4 is 5.32 Å². The summed E-state index contributed by atoms with van der Waals surface area (Å²) in [4.78, 5) is 16.6. The summed E-state index contributed by atoms with van der Waals surface area (Å²) in [5.74, 6) is -0.0743. The van der Waals surface area contributed by atoms with Crippen LogP contribution in [0.2, 0.25) is 0 Å². The molecule has 3 aromatic carbocycles. The van der Waals surface area contributed by atoms with Gasteiger partial charge >= 0.3 is 0 Å². The number of aromatic nitrogens is 1. The highest BCUT2D eigenvalue weighted by Crippen LogP contribution is 2.30. The van der Waals surface area contributed by atoms with Gasteiger partial charge in [-0.25, -0.2) is 0 Å². The second-order valence-corrected chi connectivity index (χ2v) is 6.11. The molecule has 0 atom stereocenters. The van der Waals surface area contributed by atoms with Crippen LogP contribution in [0.4, 0.5) is 0 Å². The van der Waals surface area contributed by atoms with E-state index in [0.29, 0.717) is 12.1 Å². The van der Waals surface area contributed by atoms with Crippen molar-refractivity contribution in [3.63, 3.8) is 0 Å². The van der Waals surface area contributed by atoms with Gasteiger partial charge in [0, 0.05) is 29.9 Å². The molecule has 0 spiro atoms. The number of amides is 1. The molecule has 0 radical (unpaired) electrons. The first-order valence-corrected chi connectivity index (χ1v) is 8.57. The topological polar surface area (TPSA) is 42.0 Å². The summed E-state index contributed by atoms with van der Waals surface area (Å²) in [5.41, 5.74) is 4.05. The lowest BCUT2D eigenvalue weighted by Gasteiger charge is -2.12. The lowest BCUT2D eigenvalue weighted by atomic mass is 9.96. The number of benzene rings is 3. The summed E-state index contributed by atoms with van der Waals surface area (Å²) < 4.78 is 0. The summed E-state index contributed by atoms with van der Waals surface area (Å²) >= 11 is 0. The van der Waals surface area contributed by atoms with E-state index in [-0.39, 0.29) is 5.91 Å². The Hall–Kier alpha value is -3.46. The van der Waals surface area contributed by atoms with Gasteiger partial charge in [0.05, 0.1) is 0 Å². The van der Waals surface area contributed by atoms with E-state index in [0.717, 1.165) is 16.3 Å². The van der Waals surface area contributed by atoms with Crippen LogP contribution in [0.1, 0.15) is 15.9 Å². The van der Waals surface area contributed by atoms with Gasteiger partial charge in [-0.15, -0.1) is 0 Å². The van der Waals surface area contributed by atoms with Crippen LogP contribution in [-0.4, -0.2) is 10.9 Å². The molecule has 0 aliphatic carbocycles. The number of hydrogen-bond acceptors (Lipinski definition) is 2. The van der Waals surface area contributed by atoms with Crippen LogP contribution in [0, 0.1) is 0 Å². The van der Waals surface area contributed by atoms with E-state index >= 15 is 0 Å². The van der Waals surface area contributed by atoms with Gasteiger partial charge in [-0.2, -0.15) is 0 Å². The van der Waals surface area contributed by atoms with Crippen LogP contribution in [0.5, 0.6) is 0 Å². The van der Waals surface area contributed by atoms with Gasteiger partial charge < -0.3 is 5.32 Å². The Morgan fingerprint density at radius 3 is 2.31 bits per heavy atom. The lowest BCUT2D eigenvalue weighted by molar-refractivity contribution is 0.0951. The highest BCUT2D eigenvalue weighted by atomic mass is 16.1. The molecule has 0 aliphatic heterocycles. The zero-order valence-corrected chi connectivity index (χ0v) is 14.2. The normalized spacial score (nSPS) is 10.6. The molecule has 0 saturated heterocycles. The maximum absolute atomic E-state index is 12.3. The quantitative estimate of drug-likeness (QED) is 0.579. The molecule has 0 aliphatic rings. The largest absolute Gasteiger partial charge is 0.348 e. The van der Waals surface area contributed by atoms with Crippen molar-refractivity contribution in [2.45, 2.75) is 6.54 Å². The molecule has 1 heterocycles. The van der Waals surface area contributed by atoms with Gasteiger partial charge in [-0.3, -0.25) is 9.78 Å². The molecular formula is C23H18N2O. The summed E-state index contributed by atoms with van der Waals surface area (Å²) in [6, 6.07) is 25.8. The van der Waals surface area contributed by atoms with Gasteiger partial charge in [0.15, 0.2) is 0 Å². The van der Waals surface area contributed by atoms with E-state index in [1.807, 2.05) is 60.8 Å². The molecule has 0 saturated carbocycles. The smallest absolute Gasteiger partial charge is 0.251 e. The van der Waals surface area contributed by atoms with Gasteiger partial charge in [0.1, 0.15) is 0 Å². The number of nitrogens with zero attached hydrogens (tertiary/aromatic N) is 1. The van der Waals surface area contributed by atoms with Crippen molar-refractivity contribution in [1.82, 2.24) is 10.3 Å². The number of nitrogens with one attached hydrogen (secondary N) is 1. The summed E-state index contributed by atoms with van der Waals surface area (Å²) in [6.07, 6.45) is 3.67. The molecule has 4 aromatic rings. The summed E-state index contributed by atoms with van der Waals surface area (Å²) in [7, 11) is 0. The Morgan fingerprint density at radius 1 is 0.808 bits per heavy atom. The fourth-order valence-electron chi connectivity index (χ4n) is 3.14. The predicted molar refractivity (Wildman–Crippen MR) is 105 cm³/mol. The number of carbonyl (C=O) groups is 1. The standard InChI is InChI=1S/C23H18N2O/c26-23(18-9-5-2-6-10-18)25-15-19-11-12-20(17-7-3-1-4-8-17)21-13-14-24-16-22(19)21/h1-14,16H,15H2,(H,25,26). The predicted octanol–water partition coefficient (Wildman–Crippen LogP) is 4.83. The molecule has 0 unspecified atom stereocenters. The van der Waals surface area contributed by atoms with E-state index in [2.05, 4.69) is 34.6 Å². The molecule has 0 fully saturated rings. The maximum atomic E-state index is 12.3. The third-order valence-corrected chi connectivity index (χ3v) is 4.47. The van der Waals surface area contributed by atoms with E-state index in [4.69, 9.17) is 0 Å². The van der Waals surface area contributed by atoms with Crippen molar-refractivity contribution in [2.24, 2.45) is 0 Å². The Morgan fingerprint density at radius 2 is 1.54 bits per heavy atom. The molecule has 0 bridgehead atoms. The first-order chi connectivity index (χ1) is 12.8. The molecule has 3 heteroatoms. The third kappa shape index (κ3) is 3.20. The second-order valence-electron chi connectivity index (χ2n) is 6.11.